The molecule has 8 nitrogen and oxygen atoms in total. The standard InChI is InChI=1S/C24H18ClF5N6O2/c1-36-11-15(22(35-36)24(28,29)30)23(37)32-21(31-19-8-13(25)4-5-16(19)26)10-14-9-18(34-33-14)12-3-6-20(38-2)17(27)7-12/h3-9,11H,10H2,1-2H3,(H,33,34)(H,31,32,37). The maximum Gasteiger partial charge on any atom is 0.435 e. The van der Waals surface area contributed by atoms with E-state index in [1.54, 1.807) is 6.07 Å². The SMILES string of the molecule is COc1ccc(-c2cc(CC(=Nc3cc(Cl)ccc3F)NC(=O)c3cn(C)nc3C(F)(F)F)[nH]n2)cc1F. The number of hydrogen-bond donors (Lipinski definition) is 2. The van der Waals surface area contributed by atoms with Gasteiger partial charge in [-0.1, -0.05) is 11.6 Å². The monoisotopic (exact) mass is 552 g/mol. The molecule has 0 atom stereocenters. The molecule has 2 N–H and O–H groups in total. The van der Waals surface area contributed by atoms with Crippen molar-refractivity contribution >= 4 is 29.0 Å². The minimum absolute atomic E-state index is 0.0406. The highest BCUT2D eigenvalue weighted by Crippen LogP contribution is 2.31. The highest BCUT2D eigenvalue weighted by Gasteiger charge is 2.39. The Bertz CT molecular complexity index is 1530. The van der Waals surface area contributed by atoms with Gasteiger partial charge in [0.15, 0.2) is 17.3 Å². The summed E-state index contributed by atoms with van der Waals surface area (Å²) in [5.41, 5.74) is -1.34. The molecule has 14 heteroatoms. The average Bonchev–Trinajstić information content (AvgIpc) is 3.48. The minimum Gasteiger partial charge on any atom is -0.494 e. The fourth-order valence-corrected chi connectivity index (χ4v) is 3.66. The third kappa shape index (κ3) is 5.99. The zero-order valence-corrected chi connectivity index (χ0v) is 20.5. The van der Waals surface area contributed by atoms with Crippen molar-refractivity contribution in [1.29, 1.82) is 0 Å². The summed E-state index contributed by atoms with van der Waals surface area (Å²) in [6, 6.07) is 9.24. The van der Waals surface area contributed by atoms with Crippen LogP contribution in [0.2, 0.25) is 5.02 Å². The number of aromatic nitrogens is 4. The molecule has 0 fully saturated rings. The van der Waals surface area contributed by atoms with Crippen molar-refractivity contribution in [1.82, 2.24) is 25.3 Å². The number of amides is 1. The molecule has 0 spiro atoms. The van der Waals surface area contributed by atoms with Crippen molar-refractivity contribution in [2.24, 2.45) is 12.0 Å². The Morgan fingerprint density at radius 3 is 2.61 bits per heavy atom. The molecule has 1 amide bonds. The Morgan fingerprint density at radius 1 is 1.16 bits per heavy atom. The second-order valence-corrected chi connectivity index (χ2v) is 8.41. The van der Waals surface area contributed by atoms with Crippen LogP contribution < -0.4 is 10.1 Å². The summed E-state index contributed by atoms with van der Waals surface area (Å²) in [6.45, 7) is 0. The summed E-state index contributed by atoms with van der Waals surface area (Å²) < 4.78 is 74.4. The maximum absolute atomic E-state index is 14.4. The molecule has 0 radical (unpaired) electrons. The topological polar surface area (TPSA) is 97.2 Å². The fourth-order valence-electron chi connectivity index (χ4n) is 3.50. The normalized spacial score (nSPS) is 12.1. The van der Waals surface area contributed by atoms with Crippen LogP contribution in [0, 0.1) is 11.6 Å². The number of hydrogen-bond acceptors (Lipinski definition) is 5. The number of benzene rings is 2. The van der Waals surface area contributed by atoms with Crippen LogP contribution in [0.15, 0.2) is 53.7 Å². The van der Waals surface area contributed by atoms with Crippen molar-refractivity contribution in [3.05, 3.63) is 82.3 Å². The Hall–Kier alpha value is -4.26. The van der Waals surface area contributed by atoms with Crippen molar-refractivity contribution in [3.63, 3.8) is 0 Å². The van der Waals surface area contributed by atoms with Crippen molar-refractivity contribution < 1.29 is 31.5 Å². The van der Waals surface area contributed by atoms with E-state index in [9.17, 15) is 26.7 Å². The van der Waals surface area contributed by atoms with Gasteiger partial charge in [-0.3, -0.25) is 14.6 Å². The van der Waals surface area contributed by atoms with E-state index in [2.05, 4.69) is 25.6 Å². The molecule has 0 aliphatic carbocycles. The summed E-state index contributed by atoms with van der Waals surface area (Å²) in [5.74, 6) is -2.73. The van der Waals surface area contributed by atoms with Crippen molar-refractivity contribution in [3.8, 4) is 17.0 Å². The number of aliphatic imine (C=N–C) groups is 1. The molecule has 2 aromatic heterocycles. The lowest BCUT2D eigenvalue weighted by molar-refractivity contribution is -0.141. The number of ether oxygens (including phenoxy) is 1. The average molecular weight is 553 g/mol. The predicted octanol–water partition coefficient (Wildman–Crippen LogP) is 5.47. The quantitative estimate of drug-likeness (QED) is 0.188. The molecule has 4 aromatic rings. The fraction of sp³-hybridized carbons (Fsp3) is 0.167. The Balaban J connectivity index is 1.67. The molecule has 0 unspecified atom stereocenters. The third-order valence-electron chi connectivity index (χ3n) is 5.20. The third-order valence-corrected chi connectivity index (χ3v) is 5.43. The van der Waals surface area contributed by atoms with Gasteiger partial charge in [-0.2, -0.15) is 23.4 Å². The van der Waals surface area contributed by atoms with Gasteiger partial charge in [-0.05, 0) is 42.5 Å². The van der Waals surface area contributed by atoms with Gasteiger partial charge < -0.3 is 10.1 Å². The number of aryl methyl sites for hydroxylation is 1. The van der Waals surface area contributed by atoms with Crippen LogP contribution in [0.4, 0.5) is 27.6 Å². The van der Waals surface area contributed by atoms with Gasteiger partial charge in [0.05, 0.1) is 18.4 Å². The lowest BCUT2D eigenvalue weighted by Gasteiger charge is -2.10. The second kappa shape index (κ2) is 10.6. The van der Waals surface area contributed by atoms with Crippen molar-refractivity contribution in [2.75, 3.05) is 7.11 Å². The Kier molecular flexibility index (Phi) is 7.49. The number of rotatable bonds is 6. The highest BCUT2D eigenvalue weighted by atomic mass is 35.5. The number of carbonyl (C=O) groups excluding carboxylic acids is 1. The van der Waals surface area contributed by atoms with E-state index in [4.69, 9.17) is 16.3 Å². The first-order chi connectivity index (χ1) is 17.9. The molecule has 4 rings (SSSR count). The second-order valence-electron chi connectivity index (χ2n) is 7.98. The maximum atomic E-state index is 14.4. The molecule has 0 bridgehead atoms. The Labute approximate surface area is 217 Å². The van der Waals surface area contributed by atoms with Gasteiger partial charge in [0.1, 0.15) is 17.3 Å². The van der Waals surface area contributed by atoms with E-state index in [0.717, 1.165) is 16.9 Å². The summed E-state index contributed by atoms with van der Waals surface area (Å²) in [5, 5.41) is 12.6. The van der Waals surface area contributed by atoms with E-state index in [-0.39, 0.29) is 28.7 Å². The Morgan fingerprint density at radius 2 is 1.92 bits per heavy atom. The van der Waals surface area contributed by atoms with E-state index in [1.807, 2.05) is 0 Å². The molecule has 0 saturated heterocycles. The lowest BCUT2D eigenvalue weighted by Crippen LogP contribution is -2.33. The first-order valence-electron chi connectivity index (χ1n) is 10.8. The van der Waals surface area contributed by atoms with Crippen LogP contribution in [0.3, 0.4) is 0 Å². The molecular formula is C24H18ClF5N6O2. The number of amidine groups is 1. The van der Waals surface area contributed by atoms with E-state index < -0.39 is 35.0 Å². The molecule has 38 heavy (non-hydrogen) atoms. The van der Waals surface area contributed by atoms with Gasteiger partial charge in [0.25, 0.3) is 5.91 Å². The van der Waals surface area contributed by atoms with Gasteiger partial charge in [-0.15, -0.1) is 0 Å². The number of aromatic amines is 1. The summed E-state index contributed by atoms with van der Waals surface area (Å²) in [4.78, 5) is 16.9. The van der Waals surface area contributed by atoms with Crippen LogP contribution in [0.5, 0.6) is 5.75 Å². The number of H-pyrrole nitrogens is 1. The van der Waals surface area contributed by atoms with Crippen molar-refractivity contribution in [2.45, 2.75) is 12.6 Å². The van der Waals surface area contributed by atoms with Gasteiger partial charge in [0.2, 0.25) is 0 Å². The molecule has 2 aromatic carbocycles. The van der Waals surface area contributed by atoms with E-state index >= 15 is 0 Å². The zero-order chi connectivity index (χ0) is 27.6. The number of nitrogens with zero attached hydrogens (tertiary/aromatic N) is 4. The lowest BCUT2D eigenvalue weighted by atomic mass is 10.1. The van der Waals surface area contributed by atoms with Gasteiger partial charge in [-0.25, -0.2) is 13.8 Å². The predicted molar refractivity (Wildman–Crippen MR) is 128 cm³/mol. The first-order valence-corrected chi connectivity index (χ1v) is 11.2. The first kappa shape index (κ1) is 26.8. The molecule has 0 saturated carbocycles. The summed E-state index contributed by atoms with van der Waals surface area (Å²) >= 11 is 5.93. The number of alkyl halides is 3. The van der Waals surface area contributed by atoms with Crippen LogP contribution in [0.25, 0.3) is 11.3 Å². The van der Waals surface area contributed by atoms with Crippen LogP contribution in [-0.2, 0) is 19.6 Å². The molecule has 2 heterocycles. The number of nitrogens with one attached hydrogen (secondary N) is 2. The van der Waals surface area contributed by atoms with Gasteiger partial charge >= 0.3 is 6.18 Å². The van der Waals surface area contributed by atoms with Gasteiger partial charge in [0, 0.05) is 35.9 Å². The number of methoxy groups -OCH3 is 1. The molecule has 0 aliphatic heterocycles. The smallest absolute Gasteiger partial charge is 0.435 e. The zero-order valence-electron chi connectivity index (χ0n) is 19.7. The number of carbonyl (C=O) groups is 1. The highest BCUT2D eigenvalue weighted by molar-refractivity contribution is 6.30. The molecular weight excluding hydrogens is 535 g/mol. The molecule has 198 valence electrons. The van der Waals surface area contributed by atoms with Crippen LogP contribution >= 0.6 is 11.6 Å². The number of halogens is 6. The summed E-state index contributed by atoms with van der Waals surface area (Å²) in [7, 11) is 2.56. The van der Waals surface area contributed by atoms with Crippen LogP contribution in [0.1, 0.15) is 21.7 Å². The summed E-state index contributed by atoms with van der Waals surface area (Å²) in [6.07, 6.45) is -4.20. The van der Waals surface area contributed by atoms with E-state index in [1.165, 1.54) is 44.5 Å². The largest absolute Gasteiger partial charge is 0.494 e. The van der Waals surface area contributed by atoms with E-state index in [0.29, 0.717) is 17.0 Å². The molecule has 0 aliphatic rings. The minimum atomic E-state index is -4.89. The van der Waals surface area contributed by atoms with Crippen LogP contribution in [-0.4, -0.2) is 38.8 Å².